The van der Waals surface area contributed by atoms with Crippen LogP contribution < -0.4 is 5.73 Å². The van der Waals surface area contributed by atoms with Crippen LogP contribution in [-0.2, 0) is 6.18 Å². The van der Waals surface area contributed by atoms with Crippen molar-refractivity contribution in [1.82, 2.24) is 0 Å². The summed E-state index contributed by atoms with van der Waals surface area (Å²) in [5.41, 5.74) is 5.14. The molecule has 0 aliphatic heterocycles. The van der Waals surface area contributed by atoms with E-state index in [4.69, 9.17) is 5.73 Å². The molecular formula is C6H4F3NS2. The van der Waals surface area contributed by atoms with Gasteiger partial charge in [-0.3, -0.25) is 0 Å². The number of hydrogen-bond acceptors (Lipinski definition) is 2. The molecule has 0 saturated heterocycles. The SMILES string of the molecule is NC(=S)c1ccc(C(F)(F)F)s1. The molecule has 1 nitrogen and oxygen atoms in total. The molecule has 1 rings (SSSR count). The molecule has 2 N–H and O–H groups in total. The molecule has 1 heterocycles. The van der Waals surface area contributed by atoms with Crippen LogP contribution in [0.15, 0.2) is 12.1 Å². The monoisotopic (exact) mass is 211 g/mol. The van der Waals surface area contributed by atoms with E-state index in [-0.39, 0.29) is 9.87 Å². The van der Waals surface area contributed by atoms with E-state index in [1.165, 1.54) is 6.07 Å². The van der Waals surface area contributed by atoms with Gasteiger partial charge in [0.2, 0.25) is 0 Å². The van der Waals surface area contributed by atoms with E-state index >= 15 is 0 Å². The van der Waals surface area contributed by atoms with Crippen molar-refractivity contribution in [3.05, 3.63) is 21.9 Å². The van der Waals surface area contributed by atoms with Gasteiger partial charge in [-0.1, -0.05) is 12.2 Å². The second-order valence-corrected chi connectivity index (χ2v) is 3.55. The molecule has 12 heavy (non-hydrogen) atoms. The average molecular weight is 211 g/mol. The summed E-state index contributed by atoms with van der Waals surface area (Å²) in [5, 5.41) is 0. The Morgan fingerprint density at radius 3 is 2.25 bits per heavy atom. The van der Waals surface area contributed by atoms with E-state index in [0.29, 0.717) is 11.3 Å². The Morgan fingerprint density at radius 1 is 1.42 bits per heavy atom. The lowest BCUT2D eigenvalue weighted by Crippen LogP contribution is -2.06. The molecule has 6 heteroatoms. The molecule has 0 spiro atoms. The number of thiocarbonyl (C=S) groups is 1. The average Bonchev–Trinajstić information content (AvgIpc) is 2.30. The predicted octanol–water partition coefficient (Wildman–Crippen LogP) is 2.40. The van der Waals surface area contributed by atoms with Crippen LogP contribution in [0.2, 0.25) is 0 Å². The van der Waals surface area contributed by atoms with Gasteiger partial charge in [0.05, 0.1) is 4.88 Å². The quantitative estimate of drug-likeness (QED) is 0.722. The Balaban J connectivity index is 3.00. The van der Waals surface area contributed by atoms with Gasteiger partial charge in [0.1, 0.15) is 9.87 Å². The molecule has 0 bridgehead atoms. The normalized spacial score (nSPS) is 11.6. The molecule has 0 aromatic carbocycles. The standard InChI is InChI=1S/C6H4F3NS2/c7-6(8,9)4-2-1-3(12-4)5(10)11/h1-2H,(H2,10,11). The van der Waals surface area contributed by atoms with E-state index in [2.05, 4.69) is 12.2 Å². The summed E-state index contributed by atoms with van der Waals surface area (Å²) >= 11 is 5.08. The Bertz CT molecular complexity index is 302. The number of halogens is 3. The molecule has 0 saturated carbocycles. The lowest BCUT2D eigenvalue weighted by molar-refractivity contribution is -0.134. The molecule has 66 valence electrons. The van der Waals surface area contributed by atoms with Gasteiger partial charge < -0.3 is 5.73 Å². The van der Waals surface area contributed by atoms with Crippen LogP contribution >= 0.6 is 23.6 Å². The number of alkyl halides is 3. The van der Waals surface area contributed by atoms with Crippen LogP contribution in [-0.4, -0.2) is 4.99 Å². The highest BCUT2D eigenvalue weighted by Gasteiger charge is 2.32. The van der Waals surface area contributed by atoms with Gasteiger partial charge >= 0.3 is 6.18 Å². The zero-order valence-electron chi connectivity index (χ0n) is 5.68. The Labute approximate surface area is 76.0 Å². The number of thiophene rings is 1. The third-order valence-corrected chi connectivity index (χ3v) is 2.64. The van der Waals surface area contributed by atoms with Gasteiger partial charge in [0.25, 0.3) is 0 Å². The molecule has 0 amide bonds. The van der Waals surface area contributed by atoms with Crippen LogP contribution in [0.5, 0.6) is 0 Å². The zero-order valence-corrected chi connectivity index (χ0v) is 7.32. The van der Waals surface area contributed by atoms with Crippen molar-refractivity contribution < 1.29 is 13.2 Å². The Hall–Kier alpha value is -0.620. The maximum absolute atomic E-state index is 12.0. The van der Waals surface area contributed by atoms with Crippen LogP contribution in [0.25, 0.3) is 0 Å². The fourth-order valence-corrected chi connectivity index (χ4v) is 1.54. The molecule has 0 unspecified atom stereocenters. The second kappa shape index (κ2) is 3.02. The first-order chi connectivity index (χ1) is 5.41. The number of nitrogens with two attached hydrogens (primary N) is 1. The van der Waals surface area contributed by atoms with Gasteiger partial charge in [-0.2, -0.15) is 13.2 Å². The molecule has 0 atom stereocenters. The van der Waals surface area contributed by atoms with Gasteiger partial charge in [-0.05, 0) is 12.1 Å². The van der Waals surface area contributed by atoms with Gasteiger partial charge in [0, 0.05) is 0 Å². The van der Waals surface area contributed by atoms with Gasteiger partial charge in [0.15, 0.2) is 0 Å². The van der Waals surface area contributed by atoms with E-state index in [1.807, 2.05) is 0 Å². The number of rotatable bonds is 1. The molecule has 0 fully saturated rings. The van der Waals surface area contributed by atoms with Crippen molar-refractivity contribution in [2.45, 2.75) is 6.18 Å². The third-order valence-electron chi connectivity index (χ3n) is 1.13. The zero-order chi connectivity index (χ0) is 9.35. The van der Waals surface area contributed by atoms with Crippen molar-refractivity contribution in [3.63, 3.8) is 0 Å². The van der Waals surface area contributed by atoms with Crippen LogP contribution in [0.1, 0.15) is 9.75 Å². The van der Waals surface area contributed by atoms with E-state index < -0.39 is 11.1 Å². The van der Waals surface area contributed by atoms with Crippen molar-refractivity contribution in [1.29, 1.82) is 0 Å². The Morgan fingerprint density at radius 2 is 2.00 bits per heavy atom. The van der Waals surface area contributed by atoms with Gasteiger partial charge in [-0.15, -0.1) is 11.3 Å². The lowest BCUT2D eigenvalue weighted by atomic mass is 10.4. The fraction of sp³-hybridized carbons (Fsp3) is 0.167. The van der Waals surface area contributed by atoms with E-state index in [0.717, 1.165) is 6.07 Å². The number of hydrogen-bond donors (Lipinski definition) is 1. The van der Waals surface area contributed by atoms with E-state index in [9.17, 15) is 13.2 Å². The minimum Gasteiger partial charge on any atom is -0.389 e. The molecule has 0 aliphatic carbocycles. The van der Waals surface area contributed by atoms with Crippen molar-refractivity contribution >= 4 is 28.5 Å². The highest BCUT2D eigenvalue weighted by molar-refractivity contribution is 7.81. The largest absolute Gasteiger partial charge is 0.425 e. The maximum Gasteiger partial charge on any atom is 0.425 e. The van der Waals surface area contributed by atoms with E-state index in [1.54, 1.807) is 0 Å². The second-order valence-electron chi connectivity index (χ2n) is 2.03. The highest BCUT2D eigenvalue weighted by Crippen LogP contribution is 2.34. The molecule has 0 radical (unpaired) electrons. The molecular weight excluding hydrogens is 207 g/mol. The summed E-state index contributed by atoms with van der Waals surface area (Å²) in [6, 6.07) is 2.25. The minimum absolute atomic E-state index is 0.00417. The molecule has 1 aromatic heterocycles. The highest BCUT2D eigenvalue weighted by atomic mass is 32.1. The first kappa shape index (κ1) is 9.47. The topological polar surface area (TPSA) is 26.0 Å². The van der Waals surface area contributed by atoms with Crippen molar-refractivity contribution in [2.75, 3.05) is 0 Å². The lowest BCUT2D eigenvalue weighted by Gasteiger charge is -2.00. The first-order valence-corrected chi connectivity index (χ1v) is 4.10. The maximum atomic E-state index is 12.0. The third kappa shape index (κ3) is 1.95. The summed E-state index contributed by atoms with van der Waals surface area (Å²) in [5.74, 6) is 0. The van der Waals surface area contributed by atoms with Crippen LogP contribution in [0, 0.1) is 0 Å². The van der Waals surface area contributed by atoms with Crippen LogP contribution in [0.3, 0.4) is 0 Å². The molecule has 0 aliphatic rings. The van der Waals surface area contributed by atoms with Gasteiger partial charge in [-0.25, -0.2) is 0 Å². The van der Waals surface area contributed by atoms with Crippen molar-refractivity contribution in [3.8, 4) is 0 Å². The minimum atomic E-state index is -4.30. The van der Waals surface area contributed by atoms with Crippen molar-refractivity contribution in [2.24, 2.45) is 5.73 Å². The Kier molecular flexibility index (Phi) is 2.39. The predicted molar refractivity (Wildman–Crippen MR) is 45.2 cm³/mol. The fourth-order valence-electron chi connectivity index (χ4n) is 0.623. The first-order valence-electron chi connectivity index (χ1n) is 2.88. The summed E-state index contributed by atoms with van der Waals surface area (Å²) in [6.07, 6.45) is -4.30. The summed E-state index contributed by atoms with van der Waals surface area (Å²) < 4.78 is 36.0. The molecule has 1 aromatic rings. The summed E-state index contributed by atoms with van der Waals surface area (Å²) in [6.45, 7) is 0. The summed E-state index contributed by atoms with van der Waals surface area (Å²) in [7, 11) is 0. The van der Waals surface area contributed by atoms with Crippen LogP contribution in [0.4, 0.5) is 13.2 Å². The smallest absolute Gasteiger partial charge is 0.389 e. The summed E-state index contributed by atoms with van der Waals surface area (Å²) in [4.78, 5) is -0.391.